The minimum atomic E-state index is -0.514. The minimum Gasteiger partial charge on any atom is -0.380 e. The number of nitrogens with zero attached hydrogens (tertiary/aromatic N) is 2. The molecule has 1 aliphatic heterocycles. The number of hydrogen-bond acceptors (Lipinski definition) is 5. The smallest absolute Gasteiger partial charge is 0.122 e. The van der Waals surface area contributed by atoms with Gasteiger partial charge in [0.1, 0.15) is 26.5 Å². The van der Waals surface area contributed by atoms with Gasteiger partial charge in [0.2, 0.25) is 0 Å². The molecule has 11 heavy (non-hydrogen) atoms. The lowest BCUT2D eigenvalue weighted by Gasteiger charge is -2.07. The topological polar surface area (TPSA) is 68.1 Å². The first-order valence-electron chi connectivity index (χ1n) is 3.30. The van der Waals surface area contributed by atoms with Crippen LogP contribution < -0.4 is 0 Å². The summed E-state index contributed by atoms with van der Waals surface area (Å²) in [7, 11) is 5.36. The average molecular weight is 154 g/mol. The summed E-state index contributed by atoms with van der Waals surface area (Å²) in [5, 5.41) is 5.40. The van der Waals surface area contributed by atoms with Crippen LogP contribution in [-0.4, -0.2) is 32.5 Å². The molecule has 1 heterocycles. The lowest BCUT2D eigenvalue weighted by Crippen LogP contribution is -2.22. The van der Waals surface area contributed by atoms with Gasteiger partial charge in [-0.2, -0.15) is 9.81 Å². The van der Waals surface area contributed by atoms with Crippen molar-refractivity contribution in [3.8, 4) is 0 Å². The van der Waals surface area contributed by atoms with Crippen LogP contribution >= 0.6 is 0 Å². The van der Waals surface area contributed by atoms with Crippen molar-refractivity contribution in [2.45, 2.75) is 24.6 Å². The van der Waals surface area contributed by atoms with Crippen molar-refractivity contribution in [1.82, 2.24) is 0 Å². The van der Waals surface area contributed by atoms with E-state index < -0.39 is 18.1 Å². The quantitative estimate of drug-likeness (QED) is 0.429. The fourth-order valence-electron chi connectivity index (χ4n) is 1.11. The maximum Gasteiger partial charge on any atom is 0.122 e. The summed E-state index contributed by atoms with van der Waals surface area (Å²) in [5.74, 6) is 0. The Labute approximate surface area is 64.8 Å². The fraction of sp³-hybridized carbons (Fsp3) is 1.00. The van der Waals surface area contributed by atoms with Crippen LogP contribution in [0.4, 0.5) is 0 Å². The highest BCUT2D eigenvalue weighted by atomic mass is 16.5. The van der Waals surface area contributed by atoms with Crippen molar-refractivity contribution in [2.24, 2.45) is 10.4 Å². The van der Waals surface area contributed by atoms with Crippen LogP contribution in [0.5, 0.6) is 0 Å². The molecule has 0 spiro atoms. The first kappa shape index (κ1) is 8.32. The fourth-order valence-corrected chi connectivity index (χ4v) is 1.11. The van der Waals surface area contributed by atoms with Gasteiger partial charge in [-0.15, -0.1) is 0 Å². The third-order valence-corrected chi connectivity index (χ3v) is 1.64. The summed E-state index contributed by atoms with van der Waals surface area (Å²) in [6.07, 6.45) is -0.135. The highest BCUT2D eigenvalue weighted by molar-refractivity contribution is 6.11. The van der Waals surface area contributed by atoms with Crippen LogP contribution in [0.25, 0.3) is 0 Å². The molecule has 0 saturated carbocycles. The van der Waals surface area contributed by atoms with E-state index in [0.717, 1.165) is 0 Å². The Morgan fingerprint density at radius 2 is 2.27 bits per heavy atom. The summed E-state index contributed by atoms with van der Waals surface area (Å²) in [6.45, 7) is -0.0515. The van der Waals surface area contributed by atoms with E-state index in [0.29, 0.717) is 6.42 Å². The molecule has 0 aromatic rings. The standard InChI is InChI=1S/C5H7BN2O3/c6-5-1-3(8-10)4(11-5)2-7-9/h3-5H,1-2H2/t3-,4-,5-/m1/s1. The Morgan fingerprint density at radius 1 is 1.55 bits per heavy atom. The largest absolute Gasteiger partial charge is 0.380 e. The van der Waals surface area contributed by atoms with E-state index in [1.807, 2.05) is 0 Å². The second-order valence-electron chi connectivity index (χ2n) is 2.43. The summed E-state index contributed by atoms with van der Waals surface area (Å²) in [4.78, 5) is 19.9. The normalized spacial score (nSPS) is 36.9. The van der Waals surface area contributed by atoms with Crippen molar-refractivity contribution in [3.63, 3.8) is 0 Å². The molecule has 0 bridgehead atoms. The predicted octanol–water partition coefficient (Wildman–Crippen LogP) is 0.171. The molecule has 3 atom stereocenters. The molecular weight excluding hydrogens is 147 g/mol. The van der Waals surface area contributed by atoms with Crippen molar-refractivity contribution >= 4 is 7.85 Å². The van der Waals surface area contributed by atoms with Gasteiger partial charge in [0, 0.05) is 6.00 Å². The third kappa shape index (κ3) is 1.83. The monoisotopic (exact) mass is 154 g/mol. The van der Waals surface area contributed by atoms with Gasteiger partial charge in [-0.3, -0.25) is 0 Å². The molecule has 58 valence electrons. The molecule has 1 saturated heterocycles. The Kier molecular flexibility index (Phi) is 2.70. The molecule has 6 heteroatoms. The molecule has 0 unspecified atom stereocenters. The van der Waals surface area contributed by atoms with Crippen LogP contribution in [0.1, 0.15) is 6.42 Å². The van der Waals surface area contributed by atoms with Crippen LogP contribution in [0.2, 0.25) is 0 Å². The third-order valence-electron chi connectivity index (χ3n) is 1.64. The van der Waals surface area contributed by atoms with Crippen LogP contribution in [-0.2, 0) is 4.74 Å². The number of rotatable bonds is 3. The van der Waals surface area contributed by atoms with E-state index in [4.69, 9.17) is 12.6 Å². The molecule has 0 aromatic heterocycles. The first-order valence-corrected chi connectivity index (χ1v) is 3.30. The van der Waals surface area contributed by atoms with Crippen molar-refractivity contribution in [2.75, 3.05) is 6.54 Å². The molecule has 1 aliphatic rings. The summed E-state index contributed by atoms with van der Waals surface area (Å²) in [5.41, 5.74) is 0. The molecule has 1 rings (SSSR count). The van der Waals surface area contributed by atoms with Gasteiger partial charge in [0.25, 0.3) is 0 Å². The summed E-state index contributed by atoms with van der Waals surface area (Å²) < 4.78 is 5.00. The molecule has 2 radical (unpaired) electrons. The van der Waals surface area contributed by atoms with Gasteiger partial charge in [-0.05, 0) is 6.42 Å². The number of hydrogen-bond donors (Lipinski definition) is 0. The highest BCUT2D eigenvalue weighted by Crippen LogP contribution is 2.21. The lowest BCUT2D eigenvalue weighted by molar-refractivity contribution is 0.0890. The van der Waals surface area contributed by atoms with Gasteiger partial charge in [0.05, 0.1) is 0 Å². The Bertz CT molecular complexity index is 166. The van der Waals surface area contributed by atoms with E-state index in [9.17, 15) is 9.81 Å². The zero-order chi connectivity index (χ0) is 8.27. The van der Waals surface area contributed by atoms with Gasteiger partial charge in [-0.1, -0.05) is 10.4 Å². The van der Waals surface area contributed by atoms with Crippen molar-refractivity contribution in [3.05, 3.63) is 9.81 Å². The molecule has 1 fully saturated rings. The van der Waals surface area contributed by atoms with E-state index in [1.54, 1.807) is 0 Å². The van der Waals surface area contributed by atoms with Crippen molar-refractivity contribution < 1.29 is 4.74 Å². The molecule has 0 aromatic carbocycles. The number of ether oxygens (including phenoxy) is 1. The van der Waals surface area contributed by atoms with E-state index in [1.165, 1.54) is 0 Å². The first-order chi connectivity index (χ1) is 5.27. The second kappa shape index (κ2) is 3.57. The van der Waals surface area contributed by atoms with Crippen LogP contribution in [0, 0.1) is 9.81 Å². The maximum atomic E-state index is 10.1. The number of nitroso groups, excluding NO2 is 2. The Morgan fingerprint density at radius 3 is 2.82 bits per heavy atom. The highest BCUT2D eigenvalue weighted by Gasteiger charge is 2.33. The second-order valence-corrected chi connectivity index (χ2v) is 2.43. The molecule has 5 nitrogen and oxygen atoms in total. The average Bonchev–Trinajstić information content (AvgIpc) is 2.32. The van der Waals surface area contributed by atoms with Gasteiger partial charge in [-0.25, -0.2) is 0 Å². The van der Waals surface area contributed by atoms with Gasteiger partial charge in [0.15, 0.2) is 0 Å². The minimum absolute atomic E-state index is 0.0515. The SMILES string of the molecule is [B][C@H]1C[C@@H](N=O)[C@@H](CN=O)O1. The summed E-state index contributed by atoms with van der Waals surface area (Å²) in [6, 6.07) is -0.993. The van der Waals surface area contributed by atoms with Crippen LogP contribution in [0.15, 0.2) is 10.4 Å². The molecule has 0 amide bonds. The van der Waals surface area contributed by atoms with Crippen LogP contribution in [0.3, 0.4) is 0 Å². The zero-order valence-electron chi connectivity index (χ0n) is 5.84. The van der Waals surface area contributed by atoms with Gasteiger partial charge >= 0.3 is 0 Å². The van der Waals surface area contributed by atoms with E-state index in [2.05, 4.69) is 10.4 Å². The predicted molar refractivity (Wildman–Crippen MR) is 39.3 cm³/mol. The lowest BCUT2D eigenvalue weighted by atomic mass is 9.95. The maximum absolute atomic E-state index is 10.1. The summed E-state index contributed by atoms with van der Waals surface area (Å²) >= 11 is 0. The van der Waals surface area contributed by atoms with E-state index >= 15 is 0 Å². The Balaban J connectivity index is 2.49. The van der Waals surface area contributed by atoms with Crippen molar-refractivity contribution in [1.29, 1.82) is 0 Å². The Hall–Kier alpha value is -0.775. The zero-order valence-corrected chi connectivity index (χ0v) is 5.84. The molecule has 0 N–H and O–H groups in total. The van der Waals surface area contributed by atoms with E-state index in [-0.39, 0.29) is 6.54 Å². The molecule has 0 aliphatic carbocycles. The molecular formula is C5H7BN2O3. The van der Waals surface area contributed by atoms with Gasteiger partial charge < -0.3 is 4.74 Å².